The molecule has 3 aromatic rings. The Balaban J connectivity index is 0.00000243. The smallest absolute Gasteiger partial charge is 0.266 e. The average molecular weight is 371 g/mol. The molecule has 0 aliphatic carbocycles. The number of rotatable bonds is 3. The van der Waals surface area contributed by atoms with Crippen LogP contribution in [-0.2, 0) is 7.05 Å². The van der Waals surface area contributed by atoms with Crippen molar-refractivity contribution in [3.63, 3.8) is 0 Å². The van der Waals surface area contributed by atoms with Crippen LogP contribution in [0.3, 0.4) is 0 Å². The summed E-state index contributed by atoms with van der Waals surface area (Å²) in [6.07, 6.45) is 1.63. The van der Waals surface area contributed by atoms with Crippen LogP contribution in [-0.4, -0.2) is 15.6 Å². The summed E-state index contributed by atoms with van der Waals surface area (Å²) in [5.74, 6) is 4.71. The second kappa shape index (κ2) is 8.22. The Labute approximate surface area is 157 Å². The Morgan fingerprint density at radius 2 is 1.50 bits per heavy atom. The lowest BCUT2D eigenvalue weighted by atomic mass is 10.1. The average Bonchev–Trinajstić information content (AvgIpc) is 2.64. The van der Waals surface area contributed by atoms with Crippen LogP contribution in [0, 0.1) is 0 Å². The van der Waals surface area contributed by atoms with Crippen LogP contribution in [0.4, 0.5) is 11.4 Å². The van der Waals surface area contributed by atoms with Gasteiger partial charge in [0.25, 0.3) is 5.91 Å². The topological polar surface area (TPSA) is 83.8 Å². The van der Waals surface area contributed by atoms with Gasteiger partial charge in [-0.25, -0.2) is 0 Å². The van der Waals surface area contributed by atoms with E-state index in [2.05, 4.69) is 5.10 Å². The third kappa shape index (κ3) is 3.55. The molecule has 0 aliphatic rings. The summed E-state index contributed by atoms with van der Waals surface area (Å²) < 4.78 is 1.54. The second-order valence-electron chi connectivity index (χ2n) is 5.45. The molecule has 0 unspecified atom stereocenters. The highest BCUT2D eigenvalue weighted by atomic mass is 35.5. The van der Waals surface area contributed by atoms with Gasteiger partial charge in [-0.15, -0.1) is 12.4 Å². The number of halogens is 1. The van der Waals surface area contributed by atoms with Crippen molar-refractivity contribution < 1.29 is 9.90 Å². The molecule has 0 radical (unpaired) electrons. The van der Waals surface area contributed by atoms with Gasteiger partial charge in [-0.05, 0) is 30.3 Å². The molecular weight excluding hydrogens is 352 g/mol. The van der Waals surface area contributed by atoms with Gasteiger partial charge in [0.15, 0.2) is 11.2 Å². The van der Waals surface area contributed by atoms with Crippen molar-refractivity contribution in [2.24, 2.45) is 18.0 Å². The Morgan fingerprint density at radius 1 is 1.00 bits per heavy atom. The van der Waals surface area contributed by atoms with Crippen LogP contribution in [0.1, 0.15) is 10.4 Å². The highest BCUT2D eigenvalue weighted by Crippen LogP contribution is 2.28. The van der Waals surface area contributed by atoms with Gasteiger partial charge < -0.3 is 15.5 Å². The number of nitrogens with two attached hydrogens (primary N) is 1. The quantitative estimate of drug-likeness (QED) is 0.549. The van der Waals surface area contributed by atoms with Crippen LogP contribution < -0.4 is 16.2 Å². The van der Waals surface area contributed by atoms with E-state index in [4.69, 9.17) is 5.84 Å². The molecule has 0 atom stereocenters. The van der Waals surface area contributed by atoms with Gasteiger partial charge in [0.2, 0.25) is 0 Å². The van der Waals surface area contributed by atoms with E-state index in [9.17, 15) is 9.90 Å². The zero-order valence-electron chi connectivity index (χ0n) is 14.1. The molecule has 26 heavy (non-hydrogen) atoms. The van der Waals surface area contributed by atoms with Crippen molar-refractivity contribution in [2.75, 3.05) is 4.90 Å². The lowest BCUT2D eigenvalue weighted by molar-refractivity contribution is 0.0996. The number of carbonyl (C=O) groups excluding carboxylic acids is 1. The first kappa shape index (κ1) is 19.1. The van der Waals surface area contributed by atoms with Crippen molar-refractivity contribution in [3.05, 3.63) is 84.0 Å². The lowest BCUT2D eigenvalue weighted by Gasteiger charge is -2.23. The summed E-state index contributed by atoms with van der Waals surface area (Å²) in [5, 5.41) is 14.0. The van der Waals surface area contributed by atoms with E-state index in [1.807, 2.05) is 60.7 Å². The van der Waals surface area contributed by atoms with Gasteiger partial charge in [0.05, 0.1) is 5.56 Å². The lowest BCUT2D eigenvalue weighted by Crippen LogP contribution is -2.29. The minimum atomic E-state index is -0.375. The number of para-hydroxylation sites is 2. The number of anilines is 2. The molecule has 0 aliphatic heterocycles. The SMILES string of the molecule is Cl.Cn1ccc(C(=O)N(c2ccccc2)c2ccccc2)c(O)c1=NN. The summed E-state index contributed by atoms with van der Waals surface area (Å²) >= 11 is 0. The standard InChI is InChI=1S/C19H18N4O2.ClH/c1-22-13-12-16(17(24)18(22)21-20)19(25)23(14-8-4-2-5-9-14)15-10-6-3-7-11-15;/h2-13,24H,20H2,1H3;1H. The number of aryl methyl sites for hydroxylation is 1. The fraction of sp³-hybridized carbons (Fsp3) is 0.0526. The molecule has 0 spiro atoms. The van der Waals surface area contributed by atoms with Gasteiger partial charge in [0, 0.05) is 24.6 Å². The molecule has 1 aromatic heterocycles. The first-order valence-electron chi connectivity index (χ1n) is 7.70. The molecule has 2 aromatic carbocycles. The van der Waals surface area contributed by atoms with E-state index in [-0.39, 0.29) is 35.1 Å². The molecule has 1 amide bonds. The molecule has 0 saturated carbocycles. The van der Waals surface area contributed by atoms with Crippen LogP contribution in [0.25, 0.3) is 0 Å². The zero-order valence-corrected chi connectivity index (χ0v) is 14.9. The van der Waals surface area contributed by atoms with Crippen molar-refractivity contribution >= 4 is 29.7 Å². The minimum Gasteiger partial charge on any atom is -0.504 e. The van der Waals surface area contributed by atoms with Gasteiger partial charge in [-0.2, -0.15) is 5.10 Å². The van der Waals surface area contributed by atoms with E-state index < -0.39 is 0 Å². The number of nitrogens with zero attached hydrogens (tertiary/aromatic N) is 3. The number of hydrogen-bond donors (Lipinski definition) is 2. The fourth-order valence-corrected chi connectivity index (χ4v) is 2.61. The van der Waals surface area contributed by atoms with Gasteiger partial charge in [-0.1, -0.05) is 36.4 Å². The Hall–Kier alpha value is -3.25. The number of hydrogen-bond acceptors (Lipinski definition) is 4. The normalized spacial score (nSPS) is 10.9. The first-order chi connectivity index (χ1) is 12.1. The van der Waals surface area contributed by atoms with Gasteiger partial charge in [0.1, 0.15) is 0 Å². The fourth-order valence-electron chi connectivity index (χ4n) is 2.61. The highest BCUT2D eigenvalue weighted by molar-refractivity contribution is 6.12. The van der Waals surface area contributed by atoms with Gasteiger partial charge in [-0.3, -0.25) is 9.69 Å². The molecule has 0 bridgehead atoms. The molecular formula is C19H19ClN4O2. The first-order valence-corrected chi connectivity index (χ1v) is 7.70. The van der Waals surface area contributed by atoms with E-state index in [0.717, 1.165) is 0 Å². The summed E-state index contributed by atoms with van der Waals surface area (Å²) in [5.41, 5.74) is 1.64. The summed E-state index contributed by atoms with van der Waals surface area (Å²) in [6, 6.07) is 20.0. The molecule has 0 saturated heterocycles. The number of amides is 1. The van der Waals surface area contributed by atoms with Crippen molar-refractivity contribution in [2.45, 2.75) is 0 Å². The van der Waals surface area contributed by atoms with E-state index >= 15 is 0 Å². The number of carbonyl (C=O) groups is 1. The maximum absolute atomic E-state index is 13.2. The minimum absolute atomic E-state index is 0. The van der Waals surface area contributed by atoms with Crippen molar-refractivity contribution in [1.29, 1.82) is 0 Å². The number of pyridine rings is 1. The van der Waals surface area contributed by atoms with Crippen molar-refractivity contribution in [1.82, 2.24) is 4.57 Å². The van der Waals surface area contributed by atoms with Crippen LogP contribution in [0.5, 0.6) is 5.75 Å². The molecule has 134 valence electrons. The third-order valence-corrected chi connectivity index (χ3v) is 3.85. The highest BCUT2D eigenvalue weighted by Gasteiger charge is 2.23. The van der Waals surface area contributed by atoms with E-state index in [0.29, 0.717) is 11.4 Å². The van der Waals surface area contributed by atoms with E-state index in [1.54, 1.807) is 23.9 Å². The Kier molecular flexibility index (Phi) is 6.03. The molecule has 3 N–H and O–H groups in total. The van der Waals surface area contributed by atoms with Gasteiger partial charge >= 0.3 is 0 Å². The number of benzene rings is 2. The van der Waals surface area contributed by atoms with Crippen LogP contribution in [0.2, 0.25) is 0 Å². The third-order valence-electron chi connectivity index (χ3n) is 3.85. The molecule has 7 heteroatoms. The summed E-state index contributed by atoms with van der Waals surface area (Å²) in [6.45, 7) is 0. The van der Waals surface area contributed by atoms with Crippen molar-refractivity contribution in [3.8, 4) is 5.75 Å². The maximum atomic E-state index is 13.2. The molecule has 1 heterocycles. The number of aromatic hydroxyl groups is 1. The molecule has 3 rings (SSSR count). The van der Waals surface area contributed by atoms with E-state index in [1.165, 1.54) is 4.90 Å². The summed E-state index contributed by atoms with van der Waals surface area (Å²) in [4.78, 5) is 14.8. The van der Waals surface area contributed by atoms with Crippen LogP contribution in [0.15, 0.2) is 78.0 Å². The Morgan fingerprint density at radius 3 is 1.96 bits per heavy atom. The summed E-state index contributed by atoms with van der Waals surface area (Å²) in [7, 11) is 1.69. The zero-order chi connectivity index (χ0) is 17.8. The predicted molar refractivity (Wildman–Crippen MR) is 103 cm³/mol. The monoisotopic (exact) mass is 370 g/mol. The predicted octanol–water partition coefficient (Wildman–Crippen LogP) is 2.91. The second-order valence-corrected chi connectivity index (χ2v) is 5.45. The maximum Gasteiger partial charge on any atom is 0.266 e. The van der Waals surface area contributed by atoms with Crippen LogP contribution >= 0.6 is 12.4 Å². The molecule has 6 nitrogen and oxygen atoms in total. The molecule has 0 fully saturated rings. The largest absolute Gasteiger partial charge is 0.504 e. The Bertz CT molecular complexity index is 917. The number of aromatic nitrogens is 1.